The Hall–Kier alpha value is -2.13. The van der Waals surface area contributed by atoms with Gasteiger partial charge < -0.3 is 5.32 Å². The van der Waals surface area contributed by atoms with Crippen LogP contribution in [0.5, 0.6) is 0 Å². The molecule has 2 unspecified atom stereocenters. The van der Waals surface area contributed by atoms with E-state index in [-0.39, 0.29) is 11.4 Å². The van der Waals surface area contributed by atoms with Gasteiger partial charge in [0.25, 0.3) is 0 Å². The largest absolute Gasteiger partial charge is 0.325 e. The Balaban J connectivity index is 1.51. The van der Waals surface area contributed by atoms with E-state index in [9.17, 15) is 4.79 Å². The summed E-state index contributed by atoms with van der Waals surface area (Å²) in [5.74, 6) is 0.777. The van der Waals surface area contributed by atoms with E-state index < -0.39 is 0 Å². The van der Waals surface area contributed by atoms with E-state index >= 15 is 0 Å². The maximum atomic E-state index is 12.5. The van der Waals surface area contributed by atoms with E-state index in [0.717, 1.165) is 12.2 Å². The number of para-hydroxylation sites is 1. The summed E-state index contributed by atoms with van der Waals surface area (Å²) in [7, 11) is 0. The van der Waals surface area contributed by atoms with Crippen LogP contribution >= 0.6 is 0 Å². The van der Waals surface area contributed by atoms with Crippen LogP contribution in [0.4, 0.5) is 5.69 Å². The lowest BCUT2D eigenvalue weighted by Crippen LogP contribution is -2.67. The highest BCUT2D eigenvalue weighted by Gasteiger charge is 2.55. The molecule has 4 rings (SSSR count). The molecule has 3 nitrogen and oxygen atoms in total. The number of nitrogens with one attached hydrogen (secondary N) is 1. The first-order valence-electron chi connectivity index (χ1n) is 8.94. The maximum Gasteiger partial charge on any atom is 0.238 e. The monoisotopic (exact) mass is 320 g/mol. The van der Waals surface area contributed by atoms with Crippen LogP contribution in [-0.4, -0.2) is 23.9 Å². The molecule has 2 atom stereocenters. The van der Waals surface area contributed by atoms with Gasteiger partial charge in [-0.05, 0) is 36.5 Å². The molecule has 0 radical (unpaired) electrons. The van der Waals surface area contributed by atoms with Gasteiger partial charge in [0.05, 0.1) is 12.1 Å². The normalized spacial score (nSPS) is 26.2. The van der Waals surface area contributed by atoms with E-state index in [1.54, 1.807) is 0 Å². The highest BCUT2D eigenvalue weighted by atomic mass is 16.2. The number of likely N-dealkylation sites (tertiary alicyclic amines) is 1. The molecular formula is C21H24N2O. The summed E-state index contributed by atoms with van der Waals surface area (Å²) in [6, 6.07) is 20.5. The standard InChI is InChI=1S/C21H24N2O/c24-20(22-19-12-5-2-6-13-19)16-23-15-18-11-7-8-14-21(18,23)17-9-3-1-4-10-17/h1-6,9-10,12-13,18H,7-8,11,14-16H2,(H,22,24). The van der Waals surface area contributed by atoms with E-state index in [4.69, 9.17) is 0 Å². The lowest BCUT2D eigenvalue weighted by molar-refractivity contribution is -0.138. The van der Waals surface area contributed by atoms with Crippen molar-refractivity contribution in [3.05, 3.63) is 66.2 Å². The minimum atomic E-state index is 0.0769. The third-order valence-electron chi connectivity index (χ3n) is 5.71. The lowest BCUT2D eigenvalue weighted by Gasteiger charge is -2.61. The molecule has 2 aromatic rings. The fourth-order valence-corrected chi connectivity index (χ4v) is 4.59. The van der Waals surface area contributed by atoms with Gasteiger partial charge in [-0.2, -0.15) is 0 Å². The second-order valence-electron chi connectivity index (χ2n) is 7.03. The number of fused-ring (bicyclic) bond motifs is 1. The molecule has 0 spiro atoms. The van der Waals surface area contributed by atoms with Gasteiger partial charge in [0.2, 0.25) is 5.91 Å². The van der Waals surface area contributed by atoms with E-state index in [0.29, 0.717) is 12.5 Å². The molecule has 1 N–H and O–H groups in total. The van der Waals surface area contributed by atoms with Crippen molar-refractivity contribution < 1.29 is 4.79 Å². The average Bonchev–Trinajstić information content (AvgIpc) is 2.61. The van der Waals surface area contributed by atoms with Crippen molar-refractivity contribution in [2.24, 2.45) is 5.92 Å². The minimum Gasteiger partial charge on any atom is -0.325 e. The second-order valence-corrected chi connectivity index (χ2v) is 7.03. The molecular weight excluding hydrogens is 296 g/mol. The number of hydrogen-bond acceptors (Lipinski definition) is 2. The van der Waals surface area contributed by atoms with Gasteiger partial charge in [0.1, 0.15) is 0 Å². The minimum absolute atomic E-state index is 0.0769. The Labute approximate surface area is 143 Å². The van der Waals surface area contributed by atoms with Gasteiger partial charge in [-0.1, -0.05) is 61.4 Å². The first kappa shape index (κ1) is 15.4. The fourth-order valence-electron chi connectivity index (χ4n) is 4.59. The number of rotatable bonds is 4. The lowest BCUT2D eigenvalue weighted by atomic mass is 9.62. The number of benzene rings is 2. The number of carbonyl (C=O) groups is 1. The van der Waals surface area contributed by atoms with Crippen LogP contribution in [0.15, 0.2) is 60.7 Å². The van der Waals surface area contributed by atoms with Crippen LogP contribution in [0.3, 0.4) is 0 Å². The van der Waals surface area contributed by atoms with Crippen molar-refractivity contribution >= 4 is 11.6 Å². The molecule has 2 aliphatic rings. The summed E-state index contributed by atoms with van der Waals surface area (Å²) >= 11 is 0. The highest BCUT2D eigenvalue weighted by Crippen LogP contribution is 2.53. The van der Waals surface area contributed by atoms with Crippen molar-refractivity contribution in [1.29, 1.82) is 0 Å². The van der Waals surface area contributed by atoms with Crippen molar-refractivity contribution in [2.75, 3.05) is 18.4 Å². The molecule has 0 bridgehead atoms. The molecule has 2 fully saturated rings. The number of amides is 1. The second kappa shape index (κ2) is 6.40. The molecule has 0 aromatic heterocycles. The maximum absolute atomic E-state index is 12.5. The van der Waals surface area contributed by atoms with Gasteiger partial charge in [0, 0.05) is 12.2 Å². The van der Waals surface area contributed by atoms with Crippen LogP contribution < -0.4 is 5.32 Å². The van der Waals surface area contributed by atoms with Crippen LogP contribution in [0.25, 0.3) is 0 Å². The summed E-state index contributed by atoms with van der Waals surface area (Å²) in [4.78, 5) is 14.9. The molecule has 2 aromatic carbocycles. The number of hydrogen-bond donors (Lipinski definition) is 1. The molecule has 1 heterocycles. The number of anilines is 1. The Morgan fingerprint density at radius 1 is 1.04 bits per heavy atom. The zero-order valence-corrected chi connectivity index (χ0v) is 13.9. The van der Waals surface area contributed by atoms with Crippen LogP contribution in [0, 0.1) is 5.92 Å². The molecule has 1 aliphatic heterocycles. The number of nitrogens with zero attached hydrogens (tertiary/aromatic N) is 1. The molecule has 1 saturated heterocycles. The van der Waals surface area contributed by atoms with Gasteiger partial charge in [-0.3, -0.25) is 9.69 Å². The van der Waals surface area contributed by atoms with Crippen molar-refractivity contribution in [1.82, 2.24) is 4.90 Å². The smallest absolute Gasteiger partial charge is 0.238 e. The molecule has 24 heavy (non-hydrogen) atoms. The molecule has 1 amide bonds. The summed E-state index contributed by atoms with van der Waals surface area (Å²) in [6.07, 6.45) is 5.03. The number of carbonyl (C=O) groups excluding carboxylic acids is 1. The Morgan fingerprint density at radius 3 is 2.46 bits per heavy atom. The van der Waals surface area contributed by atoms with Gasteiger partial charge >= 0.3 is 0 Å². The summed E-state index contributed by atoms with van der Waals surface area (Å²) < 4.78 is 0. The third kappa shape index (κ3) is 2.63. The van der Waals surface area contributed by atoms with Crippen LogP contribution in [0.2, 0.25) is 0 Å². The Morgan fingerprint density at radius 2 is 1.75 bits per heavy atom. The first-order valence-corrected chi connectivity index (χ1v) is 8.94. The third-order valence-corrected chi connectivity index (χ3v) is 5.71. The van der Waals surface area contributed by atoms with Crippen LogP contribution in [0.1, 0.15) is 31.2 Å². The zero-order chi connectivity index (χ0) is 16.4. The topological polar surface area (TPSA) is 32.3 Å². The summed E-state index contributed by atoms with van der Waals surface area (Å²) in [5.41, 5.74) is 2.33. The summed E-state index contributed by atoms with van der Waals surface area (Å²) in [5, 5.41) is 3.02. The van der Waals surface area contributed by atoms with Gasteiger partial charge in [-0.25, -0.2) is 0 Å². The van der Waals surface area contributed by atoms with Gasteiger partial charge in [-0.15, -0.1) is 0 Å². The molecule has 124 valence electrons. The van der Waals surface area contributed by atoms with E-state index in [1.807, 2.05) is 30.3 Å². The van der Waals surface area contributed by atoms with Crippen molar-refractivity contribution in [2.45, 2.75) is 31.2 Å². The van der Waals surface area contributed by atoms with Crippen molar-refractivity contribution in [3.8, 4) is 0 Å². The van der Waals surface area contributed by atoms with Gasteiger partial charge in [0.15, 0.2) is 0 Å². The van der Waals surface area contributed by atoms with Crippen LogP contribution in [-0.2, 0) is 10.3 Å². The predicted octanol–water partition coefficient (Wildman–Crippen LogP) is 4.03. The zero-order valence-electron chi connectivity index (χ0n) is 13.9. The van der Waals surface area contributed by atoms with E-state index in [1.165, 1.54) is 31.2 Å². The molecule has 1 saturated carbocycles. The average molecular weight is 320 g/mol. The quantitative estimate of drug-likeness (QED) is 0.922. The van der Waals surface area contributed by atoms with E-state index in [2.05, 4.69) is 40.5 Å². The first-order chi connectivity index (χ1) is 11.8. The molecule has 3 heteroatoms. The predicted molar refractivity (Wildman–Crippen MR) is 96.7 cm³/mol. The molecule has 1 aliphatic carbocycles. The summed E-state index contributed by atoms with van der Waals surface area (Å²) in [6.45, 7) is 1.51. The Kier molecular flexibility index (Phi) is 4.11. The Bertz CT molecular complexity index is 700. The van der Waals surface area contributed by atoms with Crippen molar-refractivity contribution in [3.63, 3.8) is 0 Å². The SMILES string of the molecule is O=C(CN1CC2CCCCC21c1ccccc1)Nc1ccccc1. The highest BCUT2D eigenvalue weighted by molar-refractivity contribution is 5.92. The fraction of sp³-hybridized carbons (Fsp3) is 0.381.